The van der Waals surface area contributed by atoms with Crippen molar-refractivity contribution >= 4 is 0 Å². The second-order valence-corrected chi connectivity index (χ2v) is 2.40. The molecule has 54 valence electrons. The summed E-state index contributed by atoms with van der Waals surface area (Å²) in [5, 5.41) is 0. The summed E-state index contributed by atoms with van der Waals surface area (Å²) in [5.74, 6) is 5.13. The average Bonchev–Trinajstić information content (AvgIpc) is 1.91. The zero-order valence-electron chi connectivity index (χ0n) is 5.60. The maximum atomic E-state index is 5.38. The number of rotatable bonds is 2. The van der Waals surface area contributed by atoms with Crippen molar-refractivity contribution in [3.05, 3.63) is 0 Å². The number of hydrazine groups is 1. The molecule has 1 rings (SSSR count). The monoisotopic (exact) mass is 130 g/mol. The maximum absolute atomic E-state index is 5.38. The molecule has 1 heterocycles. The third-order valence-corrected chi connectivity index (χ3v) is 1.62. The van der Waals surface area contributed by atoms with Gasteiger partial charge in [-0.25, -0.2) is 0 Å². The fraction of sp³-hybridized carbons (Fsp3) is 1.00. The Hall–Kier alpha value is -0.120. The molecule has 3 nitrogen and oxygen atoms in total. The first-order chi connectivity index (χ1) is 4.43. The highest BCUT2D eigenvalue weighted by Crippen LogP contribution is 2.10. The molecule has 1 fully saturated rings. The Kier molecular flexibility index (Phi) is 2.97. The van der Waals surface area contributed by atoms with Crippen molar-refractivity contribution in [2.45, 2.75) is 25.4 Å². The molecular formula is C6H14N2O. The lowest BCUT2D eigenvalue weighted by Crippen LogP contribution is -2.35. The number of nitrogens with one attached hydrogen (secondary N) is 1. The first-order valence-corrected chi connectivity index (χ1v) is 3.48. The minimum atomic E-state index is 0.365. The smallest absolute Gasteiger partial charge is 0.0713 e. The summed E-state index contributed by atoms with van der Waals surface area (Å²) in [6.07, 6.45) is 4.01. The normalized spacial score (nSPS) is 28.3. The van der Waals surface area contributed by atoms with Crippen LogP contribution in [0.5, 0.6) is 0 Å². The molecule has 0 radical (unpaired) electrons. The van der Waals surface area contributed by atoms with Crippen LogP contribution < -0.4 is 11.3 Å². The second kappa shape index (κ2) is 3.82. The van der Waals surface area contributed by atoms with Gasteiger partial charge in [-0.2, -0.15) is 0 Å². The minimum absolute atomic E-state index is 0.365. The molecule has 0 aliphatic carbocycles. The van der Waals surface area contributed by atoms with Gasteiger partial charge in [-0.15, -0.1) is 0 Å². The molecule has 1 aliphatic heterocycles. The summed E-state index contributed by atoms with van der Waals surface area (Å²) in [4.78, 5) is 0. The first kappa shape index (κ1) is 6.99. The van der Waals surface area contributed by atoms with Crippen molar-refractivity contribution in [1.29, 1.82) is 0 Å². The third kappa shape index (κ3) is 2.30. The minimum Gasteiger partial charge on any atom is -0.377 e. The fourth-order valence-electron chi connectivity index (χ4n) is 1.10. The quantitative estimate of drug-likeness (QED) is 0.409. The summed E-state index contributed by atoms with van der Waals surface area (Å²) in [6, 6.07) is 0. The molecule has 0 aromatic rings. The van der Waals surface area contributed by atoms with Crippen molar-refractivity contribution in [3.63, 3.8) is 0 Å². The van der Waals surface area contributed by atoms with Crippen LogP contribution in [0.3, 0.4) is 0 Å². The molecule has 9 heavy (non-hydrogen) atoms. The molecule has 0 saturated carbocycles. The van der Waals surface area contributed by atoms with Gasteiger partial charge in [-0.3, -0.25) is 11.3 Å². The van der Waals surface area contributed by atoms with E-state index in [0.29, 0.717) is 6.10 Å². The van der Waals surface area contributed by atoms with Crippen LogP contribution >= 0.6 is 0 Å². The van der Waals surface area contributed by atoms with E-state index in [1.807, 2.05) is 0 Å². The third-order valence-electron chi connectivity index (χ3n) is 1.62. The summed E-state index contributed by atoms with van der Waals surface area (Å²) in [5.41, 5.74) is 2.61. The van der Waals surface area contributed by atoms with E-state index in [1.165, 1.54) is 12.8 Å². The van der Waals surface area contributed by atoms with Gasteiger partial charge in [0, 0.05) is 13.2 Å². The van der Waals surface area contributed by atoms with Crippen LogP contribution in [0, 0.1) is 0 Å². The van der Waals surface area contributed by atoms with Gasteiger partial charge in [0.25, 0.3) is 0 Å². The fourth-order valence-corrected chi connectivity index (χ4v) is 1.10. The first-order valence-electron chi connectivity index (χ1n) is 3.48. The van der Waals surface area contributed by atoms with E-state index in [2.05, 4.69) is 5.43 Å². The standard InChI is InChI=1S/C6H14N2O/c7-8-5-6-3-1-2-4-9-6/h6,8H,1-5,7H2/t6-/m0/s1. The lowest BCUT2D eigenvalue weighted by Gasteiger charge is -2.21. The molecule has 0 bridgehead atoms. The van der Waals surface area contributed by atoms with Gasteiger partial charge >= 0.3 is 0 Å². The van der Waals surface area contributed by atoms with E-state index in [-0.39, 0.29) is 0 Å². The summed E-state index contributed by atoms with van der Waals surface area (Å²) < 4.78 is 5.38. The zero-order valence-corrected chi connectivity index (χ0v) is 5.60. The molecule has 0 spiro atoms. The van der Waals surface area contributed by atoms with Crippen molar-refractivity contribution in [1.82, 2.24) is 5.43 Å². The average molecular weight is 130 g/mol. The van der Waals surface area contributed by atoms with Gasteiger partial charge in [-0.05, 0) is 19.3 Å². The lowest BCUT2D eigenvalue weighted by molar-refractivity contribution is 0.0171. The molecule has 0 amide bonds. The van der Waals surface area contributed by atoms with Crippen LogP contribution in [0.25, 0.3) is 0 Å². The van der Waals surface area contributed by atoms with E-state index in [4.69, 9.17) is 10.6 Å². The highest BCUT2D eigenvalue weighted by atomic mass is 16.5. The van der Waals surface area contributed by atoms with E-state index >= 15 is 0 Å². The predicted octanol–water partition coefficient (Wildman–Crippen LogP) is 0.0188. The molecule has 1 saturated heterocycles. The number of ether oxygens (including phenoxy) is 1. The van der Waals surface area contributed by atoms with Crippen LogP contribution in [-0.2, 0) is 4.74 Å². The SMILES string of the molecule is NNC[C@@H]1CCCCO1. The maximum Gasteiger partial charge on any atom is 0.0713 e. The molecule has 3 N–H and O–H groups in total. The number of hydrogen-bond acceptors (Lipinski definition) is 3. The molecule has 1 aliphatic rings. The molecule has 0 unspecified atom stereocenters. The Morgan fingerprint density at radius 3 is 3.00 bits per heavy atom. The summed E-state index contributed by atoms with van der Waals surface area (Å²) >= 11 is 0. The van der Waals surface area contributed by atoms with Gasteiger partial charge in [0.1, 0.15) is 0 Å². The highest BCUT2D eigenvalue weighted by molar-refractivity contribution is 4.63. The van der Waals surface area contributed by atoms with Gasteiger partial charge in [0.15, 0.2) is 0 Å². The Balaban J connectivity index is 2.08. The Labute approximate surface area is 55.5 Å². The molecule has 3 heteroatoms. The Morgan fingerprint density at radius 2 is 2.44 bits per heavy atom. The van der Waals surface area contributed by atoms with Gasteiger partial charge in [-0.1, -0.05) is 0 Å². The molecule has 0 aromatic carbocycles. The van der Waals surface area contributed by atoms with Crippen molar-refractivity contribution in [3.8, 4) is 0 Å². The Morgan fingerprint density at radius 1 is 1.56 bits per heavy atom. The van der Waals surface area contributed by atoms with E-state index in [9.17, 15) is 0 Å². The predicted molar refractivity (Wildman–Crippen MR) is 35.8 cm³/mol. The topological polar surface area (TPSA) is 47.3 Å². The van der Waals surface area contributed by atoms with Crippen molar-refractivity contribution in [2.75, 3.05) is 13.2 Å². The van der Waals surface area contributed by atoms with Gasteiger partial charge in [0.2, 0.25) is 0 Å². The summed E-state index contributed by atoms with van der Waals surface area (Å²) in [6.45, 7) is 1.70. The Bertz CT molecular complexity index is 68.7. The second-order valence-electron chi connectivity index (χ2n) is 2.40. The van der Waals surface area contributed by atoms with Crippen LogP contribution in [0.4, 0.5) is 0 Å². The van der Waals surface area contributed by atoms with Crippen LogP contribution in [0.15, 0.2) is 0 Å². The van der Waals surface area contributed by atoms with Crippen LogP contribution in [0.1, 0.15) is 19.3 Å². The molecular weight excluding hydrogens is 116 g/mol. The van der Waals surface area contributed by atoms with E-state index in [1.54, 1.807) is 0 Å². The molecule has 1 atom stereocenters. The van der Waals surface area contributed by atoms with Crippen molar-refractivity contribution in [2.24, 2.45) is 5.84 Å². The zero-order chi connectivity index (χ0) is 6.53. The van der Waals surface area contributed by atoms with E-state index in [0.717, 1.165) is 19.6 Å². The van der Waals surface area contributed by atoms with Crippen LogP contribution in [0.2, 0.25) is 0 Å². The van der Waals surface area contributed by atoms with Crippen molar-refractivity contribution < 1.29 is 4.74 Å². The van der Waals surface area contributed by atoms with Crippen LogP contribution in [-0.4, -0.2) is 19.3 Å². The lowest BCUT2D eigenvalue weighted by atomic mass is 10.1. The number of nitrogens with two attached hydrogens (primary N) is 1. The van der Waals surface area contributed by atoms with Gasteiger partial charge < -0.3 is 4.74 Å². The largest absolute Gasteiger partial charge is 0.377 e. The highest BCUT2D eigenvalue weighted by Gasteiger charge is 2.11. The van der Waals surface area contributed by atoms with Gasteiger partial charge in [0.05, 0.1) is 6.10 Å². The molecule has 0 aromatic heterocycles. The van der Waals surface area contributed by atoms with E-state index < -0.39 is 0 Å². The summed E-state index contributed by atoms with van der Waals surface area (Å²) in [7, 11) is 0. The number of hydrogen-bond donors (Lipinski definition) is 2.